The first-order chi connectivity index (χ1) is 12.1. The molecule has 25 heavy (non-hydrogen) atoms. The van der Waals surface area contributed by atoms with Crippen LogP contribution in [0, 0.1) is 10.1 Å². The summed E-state index contributed by atoms with van der Waals surface area (Å²) in [6.45, 7) is 0.466. The highest BCUT2D eigenvalue weighted by Gasteiger charge is 2.29. The number of nitro benzene ring substituents is 1. The van der Waals surface area contributed by atoms with Gasteiger partial charge in [0.2, 0.25) is 0 Å². The van der Waals surface area contributed by atoms with Crippen molar-refractivity contribution in [1.82, 2.24) is 15.0 Å². The first-order valence-corrected chi connectivity index (χ1v) is 7.70. The second-order valence-electron chi connectivity index (χ2n) is 5.63. The average molecular weight is 335 g/mol. The first-order valence-electron chi connectivity index (χ1n) is 7.70. The van der Waals surface area contributed by atoms with Crippen LogP contribution in [0.25, 0.3) is 5.69 Å². The molecule has 8 heteroatoms. The van der Waals surface area contributed by atoms with Crippen LogP contribution in [0.2, 0.25) is 0 Å². The Labute approximate surface area is 142 Å². The molecule has 1 aliphatic rings. The van der Waals surface area contributed by atoms with Crippen molar-refractivity contribution < 1.29 is 9.72 Å². The van der Waals surface area contributed by atoms with Gasteiger partial charge in [-0.2, -0.15) is 9.90 Å². The Bertz CT molecular complexity index is 967. The van der Waals surface area contributed by atoms with Crippen LogP contribution in [-0.4, -0.2) is 32.4 Å². The molecule has 1 aliphatic heterocycles. The molecule has 4 rings (SSSR count). The molecule has 2 aromatic carbocycles. The third kappa shape index (κ3) is 2.63. The maximum atomic E-state index is 12.8. The van der Waals surface area contributed by atoms with Crippen molar-refractivity contribution in [1.29, 1.82) is 0 Å². The number of non-ortho nitro benzene ring substituents is 1. The van der Waals surface area contributed by atoms with Gasteiger partial charge in [-0.15, -0.1) is 5.10 Å². The monoisotopic (exact) mass is 335 g/mol. The SMILES string of the molecule is O=C(c1cnn(-c2ccccc2)n1)N1CCc2ccc([N+](=O)[O-])cc21. The summed E-state index contributed by atoms with van der Waals surface area (Å²) in [5.74, 6) is -0.318. The number of rotatable bonds is 3. The van der Waals surface area contributed by atoms with Crippen molar-refractivity contribution in [2.24, 2.45) is 0 Å². The second kappa shape index (κ2) is 5.82. The number of fused-ring (bicyclic) bond motifs is 1. The van der Waals surface area contributed by atoms with E-state index in [4.69, 9.17) is 0 Å². The van der Waals surface area contributed by atoms with E-state index in [0.29, 0.717) is 18.7 Å². The summed E-state index contributed by atoms with van der Waals surface area (Å²) in [5, 5.41) is 19.4. The molecular weight excluding hydrogens is 322 g/mol. The topological polar surface area (TPSA) is 94.2 Å². The van der Waals surface area contributed by atoms with Gasteiger partial charge in [-0.3, -0.25) is 14.9 Å². The number of nitrogens with zero attached hydrogens (tertiary/aromatic N) is 5. The molecule has 8 nitrogen and oxygen atoms in total. The highest BCUT2D eigenvalue weighted by atomic mass is 16.6. The van der Waals surface area contributed by atoms with E-state index in [2.05, 4.69) is 10.2 Å². The second-order valence-corrected chi connectivity index (χ2v) is 5.63. The van der Waals surface area contributed by atoms with Crippen molar-refractivity contribution in [3.05, 3.63) is 76.1 Å². The molecule has 0 bridgehead atoms. The molecule has 1 amide bonds. The molecule has 2 heterocycles. The number of hydrogen-bond donors (Lipinski definition) is 0. The molecule has 0 fully saturated rings. The predicted octanol–water partition coefficient (Wildman–Crippen LogP) is 2.38. The summed E-state index contributed by atoms with van der Waals surface area (Å²) in [5.41, 5.74) is 2.39. The summed E-state index contributed by atoms with van der Waals surface area (Å²) in [6.07, 6.45) is 2.07. The fourth-order valence-electron chi connectivity index (χ4n) is 2.88. The number of benzene rings is 2. The molecule has 0 saturated carbocycles. The molecule has 0 radical (unpaired) electrons. The summed E-state index contributed by atoms with van der Waals surface area (Å²) in [7, 11) is 0. The van der Waals surface area contributed by atoms with E-state index >= 15 is 0 Å². The normalized spacial score (nSPS) is 12.9. The zero-order chi connectivity index (χ0) is 17.4. The minimum atomic E-state index is -0.465. The Hall–Kier alpha value is -3.55. The van der Waals surface area contributed by atoms with Crippen molar-refractivity contribution in [2.45, 2.75) is 6.42 Å². The summed E-state index contributed by atoms with van der Waals surface area (Å²) in [6, 6.07) is 13.9. The minimum absolute atomic E-state index is 0.0358. The smallest absolute Gasteiger partial charge is 0.280 e. The molecule has 3 aromatic rings. The number of hydrogen-bond acceptors (Lipinski definition) is 5. The van der Waals surface area contributed by atoms with E-state index < -0.39 is 4.92 Å². The van der Waals surface area contributed by atoms with E-state index in [1.807, 2.05) is 30.3 Å². The standard InChI is InChI=1S/C17H13N5O3/c23-17(15-11-18-21(19-15)13-4-2-1-3-5-13)20-9-8-12-6-7-14(22(24)25)10-16(12)20/h1-7,10-11H,8-9H2. The molecule has 0 spiro atoms. The van der Waals surface area contributed by atoms with E-state index in [9.17, 15) is 14.9 Å². The molecule has 0 N–H and O–H groups in total. The lowest BCUT2D eigenvalue weighted by molar-refractivity contribution is -0.384. The van der Waals surface area contributed by atoms with Gasteiger partial charge in [-0.05, 0) is 24.1 Å². The van der Waals surface area contributed by atoms with Crippen molar-refractivity contribution in [3.8, 4) is 5.69 Å². The average Bonchev–Trinajstić information content (AvgIpc) is 3.28. The summed E-state index contributed by atoms with van der Waals surface area (Å²) < 4.78 is 0. The lowest BCUT2D eigenvalue weighted by Crippen LogP contribution is -2.29. The Balaban J connectivity index is 1.65. The molecule has 1 aromatic heterocycles. The largest absolute Gasteiger partial charge is 0.306 e. The lowest BCUT2D eigenvalue weighted by Gasteiger charge is -2.15. The molecule has 0 atom stereocenters. The fourth-order valence-corrected chi connectivity index (χ4v) is 2.88. The van der Waals surface area contributed by atoms with E-state index in [-0.39, 0.29) is 17.3 Å². The highest BCUT2D eigenvalue weighted by molar-refractivity contribution is 6.06. The van der Waals surface area contributed by atoms with Gasteiger partial charge in [0.1, 0.15) is 0 Å². The molecule has 0 saturated heterocycles. The summed E-state index contributed by atoms with van der Waals surface area (Å²) in [4.78, 5) is 26.2. The van der Waals surface area contributed by atoms with Gasteiger partial charge >= 0.3 is 0 Å². The maximum Gasteiger partial charge on any atom is 0.280 e. The van der Waals surface area contributed by atoms with Gasteiger partial charge in [0, 0.05) is 18.7 Å². The van der Waals surface area contributed by atoms with E-state index in [0.717, 1.165) is 11.3 Å². The van der Waals surface area contributed by atoms with Crippen LogP contribution >= 0.6 is 0 Å². The Morgan fingerprint density at radius 2 is 1.96 bits per heavy atom. The van der Waals surface area contributed by atoms with Gasteiger partial charge in [0.05, 0.1) is 22.5 Å². The molecule has 0 unspecified atom stereocenters. The van der Waals surface area contributed by atoms with Crippen LogP contribution in [0.3, 0.4) is 0 Å². The van der Waals surface area contributed by atoms with Gasteiger partial charge in [0.15, 0.2) is 5.69 Å². The van der Waals surface area contributed by atoms with Crippen LogP contribution in [-0.2, 0) is 6.42 Å². The van der Waals surface area contributed by atoms with Crippen LogP contribution in [0.15, 0.2) is 54.7 Å². The number of carbonyl (C=O) groups excluding carboxylic acids is 1. The molecule has 0 aliphatic carbocycles. The number of nitro groups is 1. The van der Waals surface area contributed by atoms with Gasteiger partial charge in [-0.1, -0.05) is 24.3 Å². The zero-order valence-electron chi connectivity index (χ0n) is 13.1. The van der Waals surface area contributed by atoms with Gasteiger partial charge < -0.3 is 4.90 Å². The quantitative estimate of drug-likeness (QED) is 0.541. The Morgan fingerprint density at radius 1 is 1.16 bits per heavy atom. The number of para-hydroxylation sites is 1. The third-order valence-corrected chi connectivity index (χ3v) is 4.12. The lowest BCUT2D eigenvalue weighted by atomic mass is 10.1. The van der Waals surface area contributed by atoms with Gasteiger partial charge in [-0.25, -0.2) is 0 Å². The van der Waals surface area contributed by atoms with E-state index in [1.165, 1.54) is 28.0 Å². The minimum Gasteiger partial charge on any atom is -0.306 e. The van der Waals surface area contributed by atoms with Crippen molar-refractivity contribution >= 4 is 17.3 Å². The van der Waals surface area contributed by atoms with Crippen LogP contribution in [0.1, 0.15) is 16.1 Å². The van der Waals surface area contributed by atoms with Crippen LogP contribution in [0.5, 0.6) is 0 Å². The zero-order valence-corrected chi connectivity index (χ0v) is 13.1. The summed E-state index contributed by atoms with van der Waals surface area (Å²) >= 11 is 0. The Kier molecular flexibility index (Phi) is 3.50. The fraction of sp³-hybridized carbons (Fsp3) is 0.118. The number of carbonyl (C=O) groups is 1. The maximum absolute atomic E-state index is 12.8. The van der Waals surface area contributed by atoms with Crippen molar-refractivity contribution in [3.63, 3.8) is 0 Å². The van der Waals surface area contributed by atoms with E-state index in [1.54, 1.807) is 6.07 Å². The van der Waals surface area contributed by atoms with Crippen LogP contribution < -0.4 is 4.90 Å². The van der Waals surface area contributed by atoms with Gasteiger partial charge in [0.25, 0.3) is 11.6 Å². The van der Waals surface area contributed by atoms with Crippen LogP contribution in [0.4, 0.5) is 11.4 Å². The number of amides is 1. The third-order valence-electron chi connectivity index (χ3n) is 4.12. The molecule has 124 valence electrons. The predicted molar refractivity (Wildman–Crippen MR) is 89.8 cm³/mol. The molecular formula is C17H13N5O3. The highest BCUT2D eigenvalue weighted by Crippen LogP contribution is 2.32. The first kappa shape index (κ1) is 15.0. The number of anilines is 1. The number of aromatic nitrogens is 3. The van der Waals surface area contributed by atoms with Crippen molar-refractivity contribution in [2.75, 3.05) is 11.4 Å². The Morgan fingerprint density at radius 3 is 2.72 bits per heavy atom.